The number of aromatic amines is 1. The summed E-state index contributed by atoms with van der Waals surface area (Å²) in [5.41, 5.74) is 1.56. The van der Waals surface area contributed by atoms with E-state index in [0.717, 1.165) is 17.3 Å². The highest BCUT2D eigenvalue weighted by Crippen LogP contribution is 2.33. The van der Waals surface area contributed by atoms with Crippen LogP contribution < -0.4 is 5.32 Å². The maximum absolute atomic E-state index is 12.2. The number of anilines is 1. The van der Waals surface area contributed by atoms with Crippen LogP contribution in [0.5, 0.6) is 0 Å². The number of aliphatic carboxylic acids is 1. The average molecular weight is 273 g/mol. The molecule has 1 fully saturated rings. The van der Waals surface area contributed by atoms with E-state index in [2.05, 4.69) is 15.5 Å². The average Bonchev–Trinajstić information content (AvgIpc) is 3.06. The standard InChI is InChI=1S/C14H15N3O3/c18-13(10-2-1-3-11(10)14(19)20)16-9-4-5-12-8(6-9)7-15-17-12/h4-7,10-11H,1-3H2,(H,15,17)(H,16,18)(H,19,20). The summed E-state index contributed by atoms with van der Waals surface area (Å²) in [5.74, 6) is -2.09. The van der Waals surface area contributed by atoms with Crippen molar-refractivity contribution in [3.63, 3.8) is 0 Å². The number of fused-ring (bicyclic) bond motifs is 1. The van der Waals surface area contributed by atoms with Crippen LogP contribution in [0.15, 0.2) is 24.4 Å². The second-order valence-corrected chi connectivity index (χ2v) is 5.14. The van der Waals surface area contributed by atoms with E-state index in [4.69, 9.17) is 5.11 Å². The number of H-pyrrole nitrogens is 1. The van der Waals surface area contributed by atoms with Gasteiger partial charge in [0.1, 0.15) is 0 Å². The van der Waals surface area contributed by atoms with Crippen molar-refractivity contribution < 1.29 is 14.7 Å². The number of carboxylic acid groups (broad SMARTS) is 1. The monoisotopic (exact) mass is 273 g/mol. The van der Waals surface area contributed by atoms with Crippen LogP contribution in [-0.2, 0) is 9.59 Å². The molecule has 3 N–H and O–H groups in total. The number of nitrogens with zero attached hydrogens (tertiary/aromatic N) is 1. The zero-order chi connectivity index (χ0) is 14.1. The number of hydrogen-bond donors (Lipinski definition) is 3. The van der Waals surface area contributed by atoms with Crippen molar-refractivity contribution in [3.8, 4) is 0 Å². The first-order valence-electron chi connectivity index (χ1n) is 6.62. The smallest absolute Gasteiger partial charge is 0.307 e. The van der Waals surface area contributed by atoms with Gasteiger partial charge in [0.25, 0.3) is 0 Å². The highest BCUT2D eigenvalue weighted by atomic mass is 16.4. The van der Waals surface area contributed by atoms with Gasteiger partial charge in [-0.15, -0.1) is 0 Å². The summed E-state index contributed by atoms with van der Waals surface area (Å²) in [6.07, 6.45) is 3.68. The molecule has 1 aliphatic carbocycles. The Balaban J connectivity index is 1.76. The Morgan fingerprint density at radius 2 is 2.10 bits per heavy atom. The Kier molecular flexibility index (Phi) is 3.14. The van der Waals surface area contributed by atoms with Crippen LogP contribution in [0.4, 0.5) is 5.69 Å². The van der Waals surface area contributed by atoms with Crippen LogP contribution in [0.25, 0.3) is 10.9 Å². The van der Waals surface area contributed by atoms with E-state index in [0.29, 0.717) is 18.5 Å². The lowest BCUT2D eigenvalue weighted by molar-refractivity contribution is -0.145. The lowest BCUT2D eigenvalue weighted by Gasteiger charge is -2.15. The van der Waals surface area contributed by atoms with Gasteiger partial charge < -0.3 is 10.4 Å². The first-order valence-corrected chi connectivity index (χ1v) is 6.62. The SMILES string of the molecule is O=C(O)C1CCCC1C(=O)Nc1ccc2[nH]ncc2c1. The maximum Gasteiger partial charge on any atom is 0.307 e. The van der Waals surface area contributed by atoms with Crippen LogP contribution in [0.1, 0.15) is 19.3 Å². The first kappa shape index (κ1) is 12.7. The fraction of sp³-hybridized carbons (Fsp3) is 0.357. The van der Waals surface area contributed by atoms with Gasteiger partial charge in [-0.2, -0.15) is 5.10 Å². The topological polar surface area (TPSA) is 95.1 Å². The van der Waals surface area contributed by atoms with Gasteiger partial charge >= 0.3 is 5.97 Å². The van der Waals surface area contributed by atoms with Gasteiger partial charge in [0.15, 0.2) is 0 Å². The van der Waals surface area contributed by atoms with Crippen LogP contribution in [-0.4, -0.2) is 27.2 Å². The molecular weight excluding hydrogens is 258 g/mol. The number of rotatable bonds is 3. The van der Waals surface area contributed by atoms with Gasteiger partial charge in [-0.1, -0.05) is 6.42 Å². The third-order valence-corrected chi connectivity index (χ3v) is 3.88. The molecule has 0 spiro atoms. The molecule has 2 aromatic rings. The molecule has 1 aromatic carbocycles. The molecule has 1 saturated carbocycles. The molecule has 2 atom stereocenters. The van der Waals surface area contributed by atoms with Crippen LogP contribution in [0, 0.1) is 11.8 Å². The van der Waals surface area contributed by atoms with Gasteiger partial charge in [0.05, 0.1) is 23.5 Å². The van der Waals surface area contributed by atoms with Crippen LogP contribution in [0.2, 0.25) is 0 Å². The van der Waals surface area contributed by atoms with Crippen LogP contribution in [0.3, 0.4) is 0 Å². The number of carboxylic acids is 1. The Bertz CT molecular complexity index is 664. The quantitative estimate of drug-likeness (QED) is 0.797. The largest absolute Gasteiger partial charge is 0.481 e. The number of nitrogens with one attached hydrogen (secondary N) is 2. The molecule has 0 saturated heterocycles. The van der Waals surface area contributed by atoms with Gasteiger partial charge in [0.2, 0.25) is 5.91 Å². The zero-order valence-corrected chi connectivity index (χ0v) is 10.8. The summed E-state index contributed by atoms with van der Waals surface area (Å²) in [6, 6.07) is 5.44. The second-order valence-electron chi connectivity index (χ2n) is 5.14. The lowest BCUT2D eigenvalue weighted by Crippen LogP contribution is -2.29. The maximum atomic E-state index is 12.2. The molecule has 1 amide bonds. The number of hydrogen-bond acceptors (Lipinski definition) is 3. The van der Waals surface area contributed by atoms with E-state index < -0.39 is 17.8 Å². The lowest BCUT2D eigenvalue weighted by atomic mass is 9.95. The van der Waals surface area contributed by atoms with Crippen molar-refractivity contribution in [1.82, 2.24) is 10.2 Å². The highest BCUT2D eigenvalue weighted by Gasteiger charge is 2.37. The predicted molar refractivity (Wildman–Crippen MR) is 73.2 cm³/mol. The van der Waals surface area contributed by atoms with Crippen molar-refractivity contribution in [2.24, 2.45) is 11.8 Å². The van der Waals surface area contributed by atoms with Gasteiger partial charge in [-0.05, 0) is 31.0 Å². The molecule has 104 valence electrons. The van der Waals surface area contributed by atoms with Crippen molar-refractivity contribution in [2.75, 3.05) is 5.32 Å². The van der Waals surface area contributed by atoms with Crippen molar-refractivity contribution in [1.29, 1.82) is 0 Å². The normalized spacial score (nSPS) is 22.0. The van der Waals surface area contributed by atoms with Crippen LogP contribution >= 0.6 is 0 Å². The zero-order valence-electron chi connectivity index (χ0n) is 10.8. The number of amides is 1. The minimum Gasteiger partial charge on any atom is -0.481 e. The molecule has 6 nitrogen and oxygen atoms in total. The van der Waals surface area contributed by atoms with Gasteiger partial charge in [0, 0.05) is 11.1 Å². The van der Waals surface area contributed by atoms with E-state index in [-0.39, 0.29) is 5.91 Å². The number of carbonyl (C=O) groups is 2. The molecule has 0 radical (unpaired) electrons. The fourth-order valence-corrected chi connectivity index (χ4v) is 2.82. The molecule has 6 heteroatoms. The molecule has 3 rings (SSSR count). The van der Waals surface area contributed by atoms with Gasteiger partial charge in [-0.3, -0.25) is 14.7 Å². The third-order valence-electron chi connectivity index (χ3n) is 3.88. The first-order chi connectivity index (χ1) is 9.65. The van der Waals surface area contributed by atoms with E-state index in [1.165, 1.54) is 0 Å². The molecule has 0 aliphatic heterocycles. The molecular formula is C14H15N3O3. The molecule has 2 unspecified atom stereocenters. The van der Waals surface area contributed by atoms with E-state index in [1.54, 1.807) is 12.3 Å². The summed E-state index contributed by atoms with van der Waals surface area (Å²) >= 11 is 0. The molecule has 1 aliphatic rings. The molecule has 0 bridgehead atoms. The van der Waals surface area contributed by atoms with Crippen molar-refractivity contribution in [3.05, 3.63) is 24.4 Å². The van der Waals surface area contributed by atoms with E-state index in [9.17, 15) is 9.59 Å². The van der Waals surface area contributed by atoms with Crippen molar-refractivity contribution in [2.45, 2.75) is 19.3 Å². The summed E-state index contributed by atoms with van der Waals surface area (Å²) in [4.78, 5) is 23.3. The highest BCUT2D eigenvalue weighted by molar-refractivity contribution is 5.97. The minimum atomic E-state index is -0.882. The summed E-state index contributed by atoms with van der Waals surface area (Å²) in [6.45, 7) is 0. The molecule has 1 heterocycles. The minimum absolute atomic E-state index is 0.210. The van der Waals surface area contributed by atoms with Crippen molar-refractivity contribution >= 4 is 28.5 Å². The molecule has 1 aromatic heterocycles. The van der Waals surface area contributed by atoms with E-state index >= 15 is 0 Å². The Morgan fingerprint density at radius 1 is 1.30 bits per heavy atom. The van der Waals surface area contributed by atoms with Gasteiger partial charge in [-0.25, -0.2) is 0 Å². The summed E-state index contributed by atoms with van der Waals surface area (Å²) in [5, 5.41) is 19.6. The fourth-order valence-electron chi connectivity index (χ4n) is 2.82. The summed E-state index contributed by atoms with van der Waals surface area (Å²) < 4.78 is 0. The molecule has 20 heavy (non-hydrogen) atoms. The second kappa shape index (κ2) is 4.96. The number of benzene rings is 1. The van der Waals surface area contributed by atoms with E-state index in [1.807, 2.05) is 12.1 Å². The Labute approximate surface area is 115 Å². The summed E-state index contributed by atoms with van der Waals surface area (Å²) in [7, 11) is 0. The predicted octanol–water partition coefficient (Wildman–Crippen LogP) is 2.00. The Hall–Kier alpha value is -2.37. The number of carbonyl (C=O) groups excluding carboxylic acids is 1. The number of aromatic nitrogens is 2. The Morgan fingerprint density at radius 3 is 2.90 bits per heavy atom. The third kappa shape index (κ3) is 2.24.